The third-order valence-corrected chi connectivity index (χ3v) is 2.58. The number of hydrogen-bond acceptors (Lipinski definition) is 4. The van der Waals surface area contributed by atoms with Gasteiger partial charge in [-0.25, -0.2) is 4.39 Å². The Labute approximate surface area is 109 Å². The zero-order valence-electron chi connectivity index (χ0n) is 10.5. The van der Waals surface area contributed by atoms with Crippen molar-refractivity contribution in [2.24, 2.45) is 0 Å². The number of benzene rings is 1. The van der Waals surface area contributed by atoms with Gasteiger partial charge in [-0.1, -0.05) is 6.92 Å². The van der Waals surface area contributed by atoms with Gasteiger partial charge in [-0.05, 0) is 12.8 Å². The predicted molar refractivity (Wildman–Crippen MR) is 66.8 cm³/mol. The lowest BCUT2D eigenvalue weighted by Gasteiger charge is -2.14. The van der Waals surface area contributed by atoms with Crippen molar-refractivity contribution >= 4 is 11.4 Å². The molecular formula is C12H17F3N2O2. The van der Waals surface area contributed by atoms with Crippen LogP contribution in [-0.2, 0) is 0 Å². The summed E-state index contributed by atoms with van der Waals surface area (Å²) in [5.41, 5.74) is 5.94. The predicted octanol–water partition coefficient (Wildman–Crippen LogP) is 2.58. The van der Waals surface area contributed by atoms with Crippen molar-refractivity contribution in [3.05, 3.63) is 17.9 Å². The second-order valence-electron chi connectivity index (χ2n) is 4.03. The third kappa shape index (κ3) is 4.86. The number of ether oxygens (including phenoxy) is 1. The van der Waals surface area contributed by atoms with E-state index >= 15 is 0 Å². The summed E-state index contributed by atoms with van der Waals surface area (Å²) in [7, 11) is 0. The topological polar surface area (TPSA) is 67.5 Å². The number of anilines is 2. The zero-order chi connectivity index (χ0) is 14.4. The molecule has 0 fully saturated rings. The van der Waals surface area contributed by atoms with E-state index in [2.05, 4.69) is 10.1 Å². The van der Waals surface area contributed by atoms with Crippen molar-refractivity contribution in [1.82, 2.24) is 0 Å². The number of nitrogens with one attached hydrogen (secondary N) is 1. The van der Waals surface area contributed by atoms with E-state index in [1.165, 1.54) is 0 Å². The molecule has 0 aliphatic rings. The number of rotatable bonds is 7. The molecule has 0 aliphatic heterocycles. The molecule has 0 bridgehead atoms. The number of alkyl halides is 2. The van der Waals surface area contributed by atoms with Gasteiger partial charge in [-0.2, -0.15) is 8.78 Å². The zero-order valence-corrected chi connectivity index (χ0v) is 10.5. The second-order valence-corrected chi connectivity index (χ2v) is 4.03. The van der Waals surface area contributed by atoms with Gasteiger partial charge >= 0.3 is 6.61 Å². The first-order valence-electron chi connectivity index (χ1n) is 5.89. The van der Waals surface area contributed by atoms with E-state index in [-0.39, 0.29) is 5.69 Å². The molecule has 4 nitrogen and oxygen atoms in total. The van der Waals surface area contributed by atoms with Crippen LogP contribution in [0, 0.1) is 5.82 Å². The molecular weight excluding hydrogens is 261 g/mol. The van der Waals surface area contributed by atoms with Gasteiger partial charge in [0.05, 0.1) is 17.5 Å². The number of aliphatic hydroxyl groups is 1. The molecule has 1 aromatic carbocycles. The molecule has 0 amide bonds. The fourth-order valence-electron chi connectivity index (χ4n) is 1.49. The summed E-state index contributed by atoms with van der Waals surface area (Å²) < 4.78 is 41.5. The smallest absolute Gasteiger partial charge is 0.387 e. The molecule has 4 N–H and O–H groups in total. The van der Waals surface area contributed by atoms with Gasteiger partial charge in [-0.3, -0.25) is 0 Å². The van der Waals surface area contributed by atoms with Crippen LogP contribution in [0.5, 0.6) is 5.75 Å². The van der Waals surface area contributed by atoms with Crippen LogP contribution in [0.15, 0.2) is 12.1 Å². The molecule has 108 valence electrons. The second kappa shape index (κ2) is 7.08. The summed E-state index contributed by atoms with van der Waals surface area (Å²) in [5, 5.41) is 12.2. The number of aliphatic hydroxyl groups excluding tert-OH is 1. The van der Waals surface area contributed by atoms with Crippen molar-refractivity contribution in [3.63, 3.8) is 0 Å². The SMILES string of the molecule is CCC(O)CCNc1cc(OC(F)F)c(F)cc1N. The van der Waals surface area contributed by atoms with E-state index in [9.17, 15) is 18.3 Å². The Hall–Kier alpha value is -1.63. The Morgan fingerprint density at radius 3 is 2.68 bits per heavy atom. The number of halogens is 3. The van der Waals surface area contributed by atoms with Crippen LogP contribution in [0.3, 0.4) is 0 Å². The minimum Gasteiger partial charge on any atom is -0.432 e. The van der Waals surface area contributed by atoms with Crippen LogP contribution in [-0.4, -0.2) is 24.4 Å². The molecule has 0 radical (unpaired) electrons. The molecule has 0 saturated heterocycles. The molecule has 1 aromatic rings. The first-order valence-corrected chi connectivity index (χ1v) is 5.89. The van der Waals surface area contributed by atoms with Crippen molar-refractivity contribution in [2.45, 2.75) is 32.5 Å². The van der Waals surface area contributed by atoms with Crippen LogP contribution < -0.4 is 15.8 Å². The fraction of sp³-hybridized carbons (Fsp3) is 0.500. The van der Waals surface area contributed by atoms with Gasteiger partial charge in [0.25, 0.3) is 0 Å². The highest BCUT2D eigenvalue weighted by atomic mass is 19.3. The molecule has 0 aliphatic carbocycles. The average Bonchev–Trinajstić information content (AvgIpc) is 2.33. The highest BCUT2D eigenvalue weighted by molar-refractivity contribution is 5.68. The van der Waals surface area contributed by atoms with Crippen LogP contribution >= 0.6 is 0 Å². The normalized spacial score (nSPS) is 12.5. The van der Waals surface area contributed by atoms with Gasteiger partial charge in [0.2, 0.25) is 0 Å². The lowest BCUT2D eigenvalue weighted by atomic mass is 10.2. The Kier molecular flexibility index (Phi) is 5.75. The maximum Gasteiger partial charge on any atom is 0.387 e. The number of nitrogens with two attached hydrogens (primary N) is 1. The summed E-state index contributed by atoms with van der Waals surface area (Å²) >= 11 is 0. The van der Waals surface area contributed by atoms with E-state index in [0.717, 1.165) is 12.1 Å². The van der Waals surface area contributed by atoms with Gasteiger partial charge in [0, 0.05) is 18.7 Å². The lowest BCUT2D eigenvalue weighted by molar-refractivity contribution is -0.0521. The minimum absolute atomic E-state index is 0.0881. The maximum absolute atomic E-state index is 13.3. The third-order valence-electron chi connectivity index (χ3n) is 2.58. The molecule has 0 saturated carbocycles. The summed E-state index contributed by atoms with van der Waals surface area (Å²) in [6, 6.07) is 1.99. The van der Waals surface area contributed by atoms with Crippen molar-refractivity contribution in [2.75, 3.05) is 17.6 Å². The van der Waals surface area contributed by atoms with Crippen molar-refractivity contribution in [1.29, 1.82) is 0 Å². The van der Waals surface area contributed by atoms with E-state index in [0.29, 0.717) is 25.1 Å². The summed E-state index contributed by atoms with van der Waals surface area (Å²) in [6.07, 6.45) is 0.629. The Morgan fingerprint density at radius 1 is 1.42 bits per heavy atom. The molecule has 19 heavy (non-hydrogen) atoms. The Morgan fingerprint density at radius 2 is 2.11 bits per heavy atom. The molecule has 7 heteroatoms. The summed E-state index contributed by atoms with van der Waals surface area (Å²) in [4.78, 5) is 0. The van der Waals surface area contributed by atoms with Gasteiger partial charge in [0.1, 0.15) is 0 Å². The Bertz CT molecular complexity index is 416. The van der Waals surface area contributed by atoms with Crippen molar-refractivity contribution < 1.29 is 23.0 Å². The van der Waals surface area contributed by atoms with Crippen LogP contribution in [0.2, 0.25) is 0 Å². The van der Waals surface area contributed by atoms with E-state index in [1.807, 2.05) is 6.92 Å². The van der Waals surface area contributed by atoms with Gasteiger partial charge in [0.15, 0.2) is 11.6 Å². The number of nitrogen functional groups attached to an aromatic ring is 1. The maximum atomic E-state index is 13.3. The van der Waals surface area contributed by atoms with E-state index in [4.69, 9.17) is 5.73 Å². The molecule has 0 spiro atoms. The standard InChI is InChI=1S/C12H17F3N2O2/c1-2-7(18)3-4-17-10-6-11(19-12(14)15)8(13)5-9(10)16/h5-7,12,17-18H,2-4,16H2,1H3. The van der Waals surface area contributed by atoms with E-state index in [1.54, 1.807) is 0 Å². The quantitative estimate of drug-likeness (QED) is 0.671. The van der Waals surface area contributed by atoms with Crippen LogP contribution in [0.25, 0.3) is 0 Å². The largest absolute Gasteiger partial charge is 0.432 e. The summed E-state index contributed by atoms with van der Waals surface area (Å²) in [6.45, 7) is -0.877. The fourth-order valence-corrected chi connectivity index (χ4v) is 1.49. The summed E-state index contributed by atoms with van der Waals surface area (Å²) in [5.74, 6) is -1.51. The monoisotopic (exact) mass is 278 g/mol. The first kappa shape index (κ1) is 15.4. The van der Waals surface area contributed by atoms with E-state index < -0.39 is 24.3 Å². The van der Waals surface area contributed by atoms with Gasteiger partial charge < -0.3 is 20.9 Å². The first-order chi connectivity index (χ1) is 8.93. The molecule has 0 aromatic heterocycles. The van der Waals surface area contributed by atoms with Crippen LogP contribution in [0.4, 0.5) is 24.5 Å². The highest BCUT2D eigenvalue weighted by Gasteiger charge is 2.13. The molecule has 1 atom stereocenters. The Balaban J connectivity index is 2.71. The average molecular weight is 278 g/mol. The lowest BCUT2D eigenvalue weighted by Crippen LogP contribution is -2.13. The minimum atomic E-state index is -3.10. The molecule has 1 unspecified atom stereocenters. The van der Waals surface area contributed by atoms with Crippen LogP contribution in [0.1, 0.15) is 19.8 Å². The van der Waals surface area contributed by atoms with Gasteiger partial charge in [-0.15, -0.1) is 0 Å². The highest BCUT2D eigenvalue weighted by Crippen LogP contribution is 2.29. The number of hydrogen-bond donors (Lipinski definition) is 3. The van der Waals surface area contributed by atoms with Crippen molar-refractivity contribution in [3.8, 4) is 5.75 Å². The molecule has 1 rings (SSSR count). The molecule has 0 heterocycles.